The minimum atomic E-state index is -0.977. The maximum absolute atomic E-state index is 15.2. The number of fused-ring (bicyclic) bond motifs is 1. The monoisotopic (exact) mass is 575 g/mol. The molecule has 2 amide bonds. The molecule has 3 aromatic rings. The Morgan fingerprint density at radius 2 is 1.93 bits per heavy atom. The predicted octanol–water partition coefficient (Wildman–Crippen LogP) is 4.70. The molecule has 1 aromatic heterocycles. The molecule has 2 aliphatic rings. The van der Waals surface area contributed by atoms with E-state index in [1.165, 1.54) is 25.1 Å². The van der Waals surface area contributed by atoms with Gasteiger partial charge in [0.2, 0.25) is 5.91 Å². The van der Waals surface area contributed by atoms with Gasteiger partial charge in [-0.15, -0.1) is 0 Å². The molecule has 9 nitrogen and oxygen atoms in total. The van der Waals surface area contributed by atoms with E-state index >= 15 is 4.39 Å². The number of hydrogen-bond donors (Lipinski definition) is 2. The van der Waals surface area contributed by atoms with E-state index in [2.05, 4.69) is 21.6 Å². The summed E-state index contributed by atoms with van der Waals surface area (Å²) in [6.45, 7) is 8.36. The molecule has 0 saturated carbocycles. The van der Waals surface area contributed by atoms with Gasteiger partial charge in [0.05, 0.1) is 28.8 Å². The van der Waals surface area contributed by atoms with Gasteiger partial charge >= 0.3 is 5.56 Å². The Morgan fingerprint density at radius 1 is 1.19 bits per heavy atom. The number of nitriles is 1. The molecule has 2 N–H and O–H groups in total. The summed E-state index contributed by atoms with van der Waals surface area (Å²) in [6, 6.07) is 9.38. The number of carbonyl (C=O) groups excluding carboxylic acids is 2. The number of H-pyrrole nitrogens is 1. The van der Waals surface area contributed by atoms with E-state index in [9.17, 15) is 24.0 Å². The van der Waals surface area contributed by atoms with Crippen LogP contribution in [0.4, 0.5) is 8.78 Å². The maximum Gasteiger partial charge on any atom is 0.307 e. The second-order valence-corrected chi connectivity index (χ2v) is 11.7. The number of hydrogen-bond acceptors (Lipinski definition) is 6. The minimum absolute atomic E-state index is 0.0399. The van der Waals surface area contributed by atoms with Gasteiger partial charge in [-0.25, -0.2) is 13.9 Å². The average Bonchev–Trinajstić information content (AvgIpc) is 3.45. The lowest BCUT2D eigenvalue weighted by Gasteiger charge is -2.40. The van der Waals surface area contributed by atoms with Crippen LogP contribution in [0.3, 0.4) is 0 Å². The van der Waals surface area contributed by atoms with Crippen molar-refractivity contribution in [3.8, 4) is 17.6 Å². The lowest BCUT2D eigenvalue weighted by Crippen LogP contribution is -2.50. The molecule has 0 unspecified atom stereocenters. The molecule has 11 heteroatoms. The third-order valence-electron chi connectivity index (χ3n) is 8.48. The van der Waals surface area contributed by atoms with E-state index in [1.54, 1.807) is 44.7 Å². The second kappa shape index (κ2) is 10.4. The Labute approximate surface area is 241 Å². The second-order valence-electron chi connectivity index (χ2n) is 11.7. The molecule has 2 aliphatic heterocycles. The van der Waals surface area contributed by atoms with Crippen molar-refractivity contribution in [3.05, 3.63) is 86.3 Å². The molecule has 3 heterocycles. The molecule has 0 spiro atoms. The van der Waals surface area contributed by atoms with Crippen LogP contribution in [0.15, 0.2) is 41.2 Å². The molecule has 2 fully saturated rings. The largest absolute Gasteiger partial charge is 0.448 e. The van der Waals surface area contributed by atoms with Crippen molar-refractivity contribution in [2.75, 3.05) is 0 Å². The summed E-state index contributed by atoms with van der Waals surface area (Å²) in [6.07, 6.45) is 1.22. The van der Waals surface area contributed by atoms with Crippen molar-refractivity contribution in [2.45, 2.75) is 71.5 Å². The van der Waals surface area contributed by atoms with Crippen LogP contribution in [0.2, 0.25) is 0 Å². The van der Waals surface area contributed by atoms with E-state index in [0.29, 0.717) is 29.7 Å². The summed E-state index contributed by atoms with van der Waals surface area (Å²) in [5.74, 6) is -2.68. The first-order chi connectivity index (χ1) is 19.8. The third kappa shape index (κ3) is 4.70. The molecule has 2 aromatic carbocycles. The normalized spacial score (nSPS) is 21.7. The van der Waals surface area contributed by atoms with Crippen LogP contribution >= 0.6 is 0 Å². The Balaban J connectivity index is 1.45. The van der Waals surface area contributed by atoms with Gasteiger partial charge in [-0.2, -0.15) is 10.4 Å². The molecular formula is C31H31F2N5O4. The quantitative estimate of drug-likeness (QED) is 0.438. The van der Waals surface area contributed by atoms with Crippen LogP contribution in [0.25, 0.3) is 0 Å². The van der Waals surface area contributed by atoms with Crippen LogP contribution in [0.1, 0.15) is 65.9 Å². The molecular weight excluding hydrogens is 544 g/mol. The Morgan fingerprint density at radius 3 is 2.62 bits per heavy atom. The Kier molecular flexibility index (Phi) is 7.13. The van der Waals surface area contributed by atoms with E-state index in [-0.39, 0.29) is 35.0 Å². The fraction of sp³-hybridized carbons (Fsp3) is 0.387. The molecule has 2 saturated heterocycles. The molecule has 3 atom stereocenters. The standard InChI is InChI=1S/C31H31F2N5O4/c1-16-11-19(13-22(33)26(16)42-24-12-17(2)36-37-28(24)40)27(39)35-23-14-31(20-7-6-8-21(32)18(20)3)10-9-25(30(4,5)15-34)38(31)29(23)41/h6-8,11-13,23,25H,9-10,14H2,1-5H3,(H,35,39)(H,37,40)/t23-,25+,31+/m0/s1. The van der Waals surface area contributed by atoms with Gasteiger partial charge in [-0.1, -0.05) is 12.1 Å². The van der Waals surface area contributed by atoms with E-state index in [4.69, 9.17) is 4.74 Å². The number of rotatable bonds is 6. The summed E-state index contributed by atoms with van der Waals surface area (Å²) >= 11 is 0. The van der Waals surface area contributed by atoms with Crippen LogP contribution in [0.5, 0.6) is 11.5 Å². The highest BCUT2D eigenvalue weighted by molar-refractivity contribution is 5.99. The first kappa shape index (κ1) is 28.9. The van der Waals surface area contributed by atoms with Crippen molar-refractivity contribution in [3.63, 3.8) is 0 Å². The lowest BCUT2D eigenvalue weighted by molar-refractivity contribution is -0.135. The average molecular weight is 576 g/mol. The zero-order valence-corrected chi connectivity index (χ0v) is 24.0. The van der Waals surface area contributed by atoms with E-state index in [1.807, 2.05) is 0 Å². The number of nitrogens with one attached hydrogen (secondary N) is 2. The summed E-state index contributed by atoms with van der Waals surface area (Å²) in [7, 11) is 0. The van der Waals surface area contributed by atoms with Crippen LogP contribution in [0, 0.1) is 49.2 Å². The number of carbonyl (C=O) groups is 2. The molecule has 5 rings (SSSR count). The summed E-state index contributed by atoms with van der Waals surface area (Å²) in [4.78, 5) is 41.0. The number of halogens is 2. The number of benzene rings is 2. The first-order valence-electron chi connectivity index (χ1n) is 13.6. The van der Waals surface area contributed by atoms with Crippen molar-refractivity contribution in [1.29, 1.82) is 5.26 Å². The maximum atomic E-state index is 15.2. The van der Waals surface area contributed by atoms with Gasteiger partial charge in [0, 0.05) is 18.1 Å². The zero-order chi connectivity index (χ0) is 30.6. The zero-order valence-electron chi connectivity index (χ0n) is 24.0. The number of ether oxygens (including phenoxy) is 1. The number of aromatic nitrogens is 2. The molecule has 0 bridgehead atoms. The number of aromatic amines is 1. The van der Waals surface area contributed by atoms with Crippen molar-refractivity contribution >= 4 is 11.8 Å². The lowest BCUT2D eigenvalue weighted by atomic mass is 9.82. The first-order valence-corrected chi connectivity index (χ1v) is 13.6. The van der Waals surface area contributed by atoms with Gasteiger partial charge < -0.3 is 15.0 Å². The van der Waals surface area contributed by atoms with Gasteiger partial charge in [0.1, 0.15) is 11.9 Å². The molecule has 42 heavy (non-hydrogen) atoms. The molecule has 0 radical (unpaired) electrons. The number of aryl methyl sites for hydroxylation is 2. The number of amides is 2. The molecule has 218 valence electrons. The highest BCUT2D eigenvalue weighted by Gasteiger charge is 2.61. The van der Waals surface area contributed by atoms with Crippen molar-refractivity contribution in [1.82, 2.24) is 20.4 Å². The van der Waals surface area contributed by atoms with Gasteiger partial charge in [-0.3, -0.25) is 14.4 Å². The van der Waals surface area contributed by atoms with Crippen molar-refractivity contribution < 1.29 is 23.1 Å². The topological polar surface area (TPSA) is 128 Å². The highest BCUT2D eigenvalue weighted by atomic mass is 19.1. The fourth-order valence-corrected chi connectivity index (χ4v) is 6.34. The smallest absolute Gasteiger partial charge is 0.307 e. The van der Waals surface area contributed by atoms with Crippen LogP contribution < -0.4 is 15.6 Å². The van der Waals surface area contributed by atoms with Gasteiger partial charge in [-0.05, 0) is 82.3 Å². The fourth-order valence-electron chi connectivity index (χ4n) is 6.34. The molecule has 0 aliphatic carbocycles. The summed E-state index contributed by atoms with van der Waals surface area (Å²) in [5, 5.41) is 18.7. The van der Waals surface area contributed by atoms with Crippen molar-refractivity contribution in [2.24, 2.45) is 5.41 Å². The van der Waals surface area contributed by atoms with Crippen LogP contribution in [-0.2, 0) is 10.3 Å². The van der Waals surface area contributed by atoms with E-state index in [0.717, 1.165) is 6.07 Å². The Hall–Kier alpha value is -4.59. The predicted molar refractivity (Wildman–Crippen MR) is 149 cm³/mol. The summed E-state index contributed by atoms with van der Waals surface area (Å²) in [5.41, 5.74) is -0.689. The van der Waals surface area contributed by atoms with Crippen LogP contribution in [-0.4, -0.2) is 39.0 Å². The summed E-state index contributed by atoms with van der Waals surface area (Å²) < 4.78 is 35.4. The Bertz CT molecular complexity index is 1690. The third-order valence-corrected chi connectivity index (χ3v) is 8.48. The highest BCUT2D eigenvalue weighted by Crippen LogP contribution is 2.54. The number of nitrogens with zero attached hydrogens (tertiary/aromatic N) is 3. The SMILES string of the molecule is Cc1cc(Oc2c(C)cc(C(=O)N[C@H]3C[C@@]4(c5cccc(F)c5C)CC[C@H](C(C)(C)C#N)N4C3=O)cc2F)c(=O)[nH]n1. The van der Waals surface area contributed by atoms with Gasteiger partial charge in [0.15, 0.2) is 17.3 Å². The van der Waals surface area contributed by atoms with Gasteiger partial charge in [0.25, 0.3) is 5.91 Å². The van der Waals surface area contributed by atoms with E-state index < -0.39 is 46.1 Å². The minimum Gasteiger partial charge on any atom is -0.448 e.